The van der Waals surface area contributed by atoms with Crippen LogP contribution in [0.4, 0.5) is 11.5 Å². The Morgan fingerprint density at radius 3 is 2.42 bits per heavy atom. The van der Waals surface area contributed by atoms with E-state index in [-0.39, 0.29) is 54.4 Å². The van der Waals surface area contributed by atoms with Gasteiger partial charge in [0.05, 0.1) is 51.8 Å². The number of aliphatic hydroxyl groups excluding tert-OH is 2. The Labute approximate surface area is 458 Å². The lowest BCUT2D eigenvalue weighted by Gasteiger charge is -2.50. The van der Waals surface area contributed by atoms with Gasteiger partial charge in [0.1, 0.15) is 24.3 Å². The molecule has 7 heterocycles. The highest BCUT2D eigenvalue weighted by molar-refractivity contribution is 8.72. The van der Waals surface area contributed by atoms with Crippen molar-refractivity contribution in [2.24, 2.45) is 11.8 Å². The molecule has 20 nitrogen and oxygen atoms in total. The van der Waals surface area contributed by atoms with Crippen molar-refractivity contribution in [1.29, 1.82) is 0 Å². The summed E-state index contributed by atoms with van der Waals surface area (Å²) in [5.41, 5.74) is 6.60. The number of ether oxygens (including phenoxy) is 2. The van der Waals surface area contributed by atoms with E-state index in [4.69, 9.17) is 14.0 Å². The van der Waals surface area contributed by atoms with E-state index in [2.05, 4.69) is 40.4 Å². The lowest BCUT2D eigenvalue weighted by molar-refractivity contribution is -0.141. The van der Waals surface area contributed by atoms with Crippen molar-refractivity contribution in [3.63, 3.8) is 0 Å². The molecule has 4 aliphatic rings. The number of aromatic hydroxyl groups is 1. The molecule has 8 unspecified atom stereocenters. The van der Waals surface area contributed by atoms with Gasteiger partial charge in [-0.15, -0.1) is 21.5 Å². The molecule has 3 aromatic heterocycles. The number of β-amino-alcohol motifs (C(OH)–C–C–N with tert-alkyl or cyclic N) is 1. The van der Waals surface area contributed by atoms with E-state index in [1.807, 2.05) is 69.6 Å². The maximum absolute atomic E-state index is 14.3. The zero-order chi connectivity index (χ0) is 54.7. The van der Waals surface area contributed by atoms with Crippen LogP contribution >= 0.6 is 22.1 Å². The van der Waals surface area contributed by atoms with Crippen LogP contribution in [0.15, 0.2) is 70.7 Å². The molecular weight excluding hydrogens is 1040 g/mol. The van der Waals surface area contributed by atoms with Crippen LogP contribution in [0.3, 0.4) is 0 Å². The first-order valence-electron chi connectivity index (χ1n) is 26.5. The van der Waals surface area contributed by atoms with Crippen LogP contribution in [0.2, 0.25) is 0 Å². The lowest BCUT2D eigenvalue weighted by Crippen LogP contribution is -2.62. The average Bonchev–Trinajstić information content (AvgIpc) is 4.20. The Balaban J connectivity index is 0.757. The smallest absolute Gasteiger partial charge is 0.254 e. The Bertz CT molecular complexity index is 2940. The van der Waals surface area contributed by atoms with Crippen LogP contribution < -0.4 is 19.9 Å². The molecule has 8 atom stereocenters. The number of nitrogens with zero attached hydrogens (tertiary/aromatic N) is 9. The SMILES string of the molecule is Cc1ncsc1-c1ccc(C(C)NC(=O)C2CC(O)CN2C(=O)C(c2cc(OCCN3CCC(CN4CCN5c6cc(-c7ccccc7O)nnc6N(C(O)OC(C)C(C)SS(C)(=O)=O)CC5C4)CC3)no2)C(C)C)cc1. The predicted molar refractivity (Wildman–Crippen MR) is 296 cm³/mol. The number of carbonyl (C=O) groups excluding carboxylic acids is 2. The Morgan fingerprint density at radius 1 is 0.961 bits per heavy atom. The third-order valence-corrected chi connectivity index (χ3v) is 19.3. The van der Waals surface area contributed by atoms with E-state index in [0.29, 0.717) is 48.4 Å². The molecule has 23 heteroatoms. The summed E-state index contributed by atoms with van der Waals surface area (Å²) >= 11 is 1.58. The average molecular weight is 1120 g/mol. The molecule has 0 saturated carbocycles. The third-order valence-electron chi connectivity index (χ3n) is 15.4. The highest BCUT2D eigenvalue weighted by atomic mass is 33.1. The number of benzene rings is 2. The Hall–Kier alpha value is -5.40. The standard InChI is InChI=1S/C54H72N10O10S3/c1-32(2)49(53(68)63-30-41(65)24-45(63)52(67)56-33(3)38-12-14-39(15-13-38)50-34(4)55-31-75-50)47-26-48(59-74-47)72-23-22-60-18-16-37(17-19-60)27-61-20-21-62-40(28-61)29-64(54(69)73-35(5)36(6)76-77(7,70)71)51-44(62)25-43(57-58-51)42-10-8-9-11-46(42)66/h8-15,25-26,31-33,35-37,40-41,45,49,54,65-66,69H,16-24,27-30H2,1-7H3,(H,56,67). The zero-order valence-electron chi connectivity index (χ0n) is 44.8. The fourth-order valence-electron chi connectivity index (χ4n) is 11.0. The molecule has 5 aromatic rings. The lowest BCUT2D eigenvalue weighted by atomic mass is 9.91. The summed E-state index contributed by atoms with van der Waals surface area (Å²) < 4.78 is 42.0. The highest BCUT2D eigenvalue weighted by Crippen LogP contribution is 2.41. The second-order valence-electron chi connectivity index (χ2n) is 21.3. The van der Waals surface area contributed by atoms with Crippen molar-refractivity contribution < 1.29 is 47.3 Å². The molecule has 3 saturated heterocycles. The van der Waals surface area contributed by atoms with Crippen molar-refractivity contribution in [3.05, 3.63) is 83.2 Å². The van der Waals surface area contributed by atoms with Gasteiger partial charge in [-0.1, -0.05) is 50.2 Å². The number of amides is 2. The molecule has 0 radical (unpaired) electrons. The van der Waals surface area contributed by atoms with E-state index >= 15 is 0 Å². The van der Waals surface area contributed by atoms with Crippen molar-refractivity contribution >= 4 is 54.3 Å². The molecular formula is C54H72N10O10S3. The van der Waals surface area contributed by atoms with Gasteiger partial charge in [0.25, 0.3) is 5.88 Å². The number of phenolic OH excluding ortho intramolecular Hbond substituents is 1. The first kappa shape index (κ1) is 56.3. The second kappa shape index (κ2) is 24.3. The second-order valence-corrected chi connectivity index (χ2v) is 26.9. The Morgan fingerprint density at radius 2 is 1.71 bits per heavy atom. The number of piperazine rings is 1. The van der Waals surface area contributed by atoms with Crippen molar-refractivity contribution in [3.8, 4) is 33.3 Å². The number of nitrogens with one attached hydrogen (secondary N) is 1. The first-order valence-corrected chi connectivity index (χ1v) is 30.7. The van der Waals surface area contributed by atoms with E-state index in [1.165, 1.54) is 4.90 Å². The van der Waals surface area contributed by atoms with Gasteiger partial charge < -0.3 is 49.3 Å². The molecule has 2 amide bonds. The van der Waals surface area contributed by atoms with Gasteiger partial charge in [-0.05, 0) is 111 Å². The Kier molecular flexibility index (Phi) is 17.8. The number of hydrogen-bond donors (Lipinski definition) is 4. The van der Waals surface area contributed by atoms with Gasteiger partial charge in [-0.2, -0.15) is 0 Å². The first-order chi connectivity index (χ1) is 36.8. The molecule has 416 valence electrons. The molecule has 4 aliphatic heterocycles. The molecule has 0 spiro atoms. The van der Waals surface area contributed by atoms with Crippen LogP contribution in [-0.2, 0) is 23.2 Å². The number of fused-ring (bicyclic) bond motifs is 3. The van der Waals surface area contributed by atoms with E-state index in [0.717, 1.165) is 96.5 Å². The molecule has 4 N–H and O–H groups in total. The van der Waals surface area contributed by atoms with Gasteiger partial charge in [0.15, 0.2) is 20.4 Å². The number of aryl methyl sites for hydroxylation is 1. The summed E-state index contributed by atoms with van der Waals surface area (Å²) in [6, 6.07) is 17.4. The number of phenols is 1. The molecule has 77 heavy (non-hydrogen) atoms. The summed E-state index contributed by atoms with van der Waals surface area (Å²) in [5, 5.41) is 48.9. The molecule has 9 rings (SSSR count). The number of carbonyl (C=O) groups is 2. The van der Waals surface area contributed by atoms with Crippen molar-refractivity contribution in [1.82, 2.24) is 40.4 Å². The van der Waals surface area contributed by atoms with Gasteiger partial charge in [0.2, 0.25) is 18.2 Å². The number of piperidine rings is 1. The number of anilines is 2. The fraction of sp³-hybridized carbons (Fsp3) is 0.556. The van der Waals surface area contributed by atoms with Crippen molar-refractivity contribution in [2.45, 2.75) is 109 Å². The summed E-state index contributed by atoms with van der Waals surface area (Å²) in [6.07, 6.45) is 0.467. The predicted octanol–water partition coefficient (Wildman–Crippen LogP) is 5.71. The summed E-state index contributed by atoms with van der Waals surface area (Å²) in [5.74, 6) is 0.0741. The van der Waals surface area contributed by atoms with Crippen LogP contribution in [0.25, 0.3) is 21.7 Å². The third kappa shape index (κ3) is 13.4. The minimum atomic E-state index is -3.34. The number of thiazole rings is 1. The van der Waals surface area contributed by atoms with Crippen LogP contribution in [-0.4, -0.2) is 178 Å². The number of likely N-dealkylation sites (tertiary alicyclic amines) is 2. The van der Waals surface area contributed by atoms with Gasteiger partial charge >= 0.3 is 0 Å². The van der Waals surface area contributed by atoms with E-state index in [9.17, 15) is 33.3 Å². The minimum Gasteiger partial charge on any atom is -0.507 e. The van der Waals surface area contributed by atoms with Gasteiger partial charge in [-0.25, -0.2) is 13.4 Å². The number of rotatable bonds is 20. The van der Waals surface area contributed by atoms with E-state index < -0.39 is 44.7 Å². The number of aliphatic hydroxyl groups is 2. The number of para-hydroxylation sites is 1. The number of hydrogen-bond acceptors (Lipinski definition) is 20. The quantitative estimate of drug-likeness (QED) is 0.0539. The maximum atomic E-state index is 14.3. The van der Waals surface area contributed by atoms with Crippen molar-refractivity contribution in [2.75, 3.05) is 81.6 Å². The van der Waals surface area contributed by atoms with Crippen LogP contribution in [0.5, 0.6) is 11.6 Å². The minimum absolute atomic E-state index is 0.0300. The molecule has 2 aromatic carbocycles. The topological polar surface area (TPSA) is 240 Å². The largest absolute Gasteiger partial charge is 0.507 e. The summed E-state index contributed by atoms with van der Waals surface area (Å²) in [4.78, 5) is 43.9. The van der Waals surface area contributed by atoms with Gasteiger partial charge in [-0.3, -0.25) is 19.4 Å². The fourth-order valence-corrected chi connectivity index (χ4v) is 14.8. The number of aromatic nitrogens is 4. The van der Waals surface area contributed by atoms with Gasteiger partial charge in [0, 0.05) is 75.4 Å². The molecule has 3 fully saturated rings. The molecule has 0 bridgehead atoms. The zero-order valence-corrected chi connectivity index (χ0v) is 47.2. The normalized spacial score (nSPS) is 21.6. The maximum Gasteiger partial charge on any atom is 0.254 e. The summed E-state index contributed by atoms with van der Waals surface area (Å²) in [6.45, 7) is 17.8. The van der Waals surface area contributed by atoms with Crippen LogP contribution in [0.1, 0.15) is 82.9 Å². The summed E-state index contributed by atoms with van der Waals surface area (Å²) in [7, 11) is -2.54. The van der Waals surface area contributed by atoms with E-state index in [1.54, 1.807) is 54.3 Å². The van der Waals surface area contributed by atoms with Crippen LogP contribution in [0, 0.1) is 18.8 Å². The monoisotopic (exact) mass is 1120 g/mol. The highest BCUT2D eigenvalue weighted by Gasteiger charge is 2.44. The molecule has 0 aliphatic carbocycles.